The molecule has 23 heavy (non-hydrogen) atoms. The summed E-state index contributed by atoms with van der Waals surface area (Å²) < 4.78 is 5.35. The van der Waals surface area contributed by atoms with Gasteiger partial charge in [0.15, 0.2) is 5.43 Å². The fraction of sp³-hybridized carbons (Fsp3) is 0.222. The summed E-state index contributed by atoms with van der Waals surface area (Å²) in [6.45, 7) is 3.85. The Balaban J connectivity index is 2.48. The number of methoxy groups -OCH3 is 1. The van der Waals surface area contributed by atoms with E-state index in [0.717, 1.165) is 16.6 Å². The number of hydrogen-bond donors (Lipinski definition) is 2. The molecule has 5 nitrogen and oxygen atoms in total. The van der Waals surface area contributed by atoms with Gasteiger partial charge in [-0.25, -0.2) is 0 Å². The van der Waals surface area contributed by atoms with Crippen LogP contribution in [0.4, 0.5) is 0 Å². The molecular weight excluding hydrogens is 294 g/mol. The van der Waals surface area contributed by atoms with Crippen molar-refractivity contribution in [2.75, 3.05) is 7.11 Å². The van der Waals surface area contributed by atoms with Crippen molar-refractivity contribution in [2.45, 2.75) is 20.3 Å². The molecule has 3 aromatic rings. The summed E-state index contributed by atoms with van der Waals surface area (Å²) in [4.78, 5) is 27.2. The second kappa shape index (κ2) is 5.43. The number of nitrogens with one attached hydrogen (secondary N) is 1. The highest BCUT2D eigenvalue weighted by molar-refractivity contribution is 5.97. The van der Waals surface area contributed by atoms with Crippen molar-refractivity contribution in [3.05, 3.63) is 51.2 Å². The molecule has 0 aliphatic carbocycles. The predicted octanol–water partition coefficient (Wildman–Crippen LogP) is 2.93. The first-order valence-electron chi connectivity index (χ1n) is 7.27. The molecule has 0 spiro atoms. The molecule has 118 valence electrons. The van der Waals surface area contributed by atoms with Crippen LogP contribution in [0.3, 0.4) is 0 Å². The van der Waals surface area contributed by atoms with Gasteiger partial charge in [-0.2, -0.15) is 0 Å². The molecule has 5 heteroatoms. The number of ether oxygens (including phenoxy) is 1. The molecule has 1 heterocycles. The van der Waals surface area contributed by atoms with E-state index < -0.39 is 5.97 Å². The summed E-state index contributed by atoms with van der Waals surface area (Å²) in [5.41, 5.74) is 3.65. The Morgan fingerprint density at radius 3 is 2.57 bits per heavy atom. The molecular formula is C18H17NO4. The summed E-state index contributed by atoms with van der Waals surface area (Å²) >= 11 is 0. The Labute approximate surface area is 132 Å². The third kappa shape index (κ3) is 2.34. The first-order valence-corrected chi connectivity index (χ1v) is 7.27. The molecule has 0 atom stereocenters. The number of para-hydroxylation sites is 1. The van der Waals surface area contributed by atoms with Crippen molar-refractivity contribution in [3.8, 4) is 5.75 Å². The Morgan fingerprint density at radius 2 is 1.91 bits per heavy atom. The Kier molecular flexibility index (Phi) is 3.56. The van der Waals surface area contributed by atoms with Crippen LogP contribution in [0, 0.1) is 13.8 Å². The van der Waals surface area contributed by atoms with Crippen molar-refractivity contribution < 1.29 is 14.6 Å². The van der Waals surface area contributed by atoms with Gasteiger partial charge < -0.3 is 14.8 Å². The normalized spacial score (nSPS) is 11.1. The first kappa shape index (κ1) is 15.1. The van der Waals surface area contributed by atoms with E-state index in [9.17, 15) is 9.59 Å². The molecule has 0 bridgehead atoms. The largest absolute Gasteiger partial charge is 0.496 e. The standard InChI is InChI=1S/C18H17NO4/c1-9-10(2)16-13(8-14(9)23-3)18(22)12-6-4-5-11(7-15(20)21)17(12)19-16/h4-6,8H,7H2,1-3H3,(H,19,22)(H,20,21). The van der Waals surface area contributed by atoms with Gasteiger partial charge in [-0.05, 0) is 42.7 Å². The average molecular weight is 311 g/mol. The van der Waals surface area contributed by atoms with Crippen molar-refractivity contribution in [1.29, 1.82) is 0 Å². The van der Waals surface area contributed by atoms with Gasteiger partial charge in [0.25, 0.3) is 0 Å². The molecule has 0 unspecified atom stereocenters. The Bertz CT molecular complexity index is 1000. The molecule has 3 rings (SSSR count). The maximum atomic E-state index is 12.8. The van der Waals surface area contributed by atoms with Gasteiger partial charge >= 0.3 is 5.97 Å². The Morgan fingerprint density at radius 1 is 1.17 bits per heavy atom. The average Bonchev–Trinajstić information content (AvgIpc) is 2.52. The van der Waals surface area contributed by atoms with Gasteiger partial charge in [0.1, 0.15) is 5.75 Å². The van der Waals surface area contributed by atoms with Gasteiger partial charge in [-0.3, -0.25) is 9.59 Å². The number of aromatic amines is 1. The van der Waals surface area contributed by atoms with Crippen LogP contribution >= 0.6 is 0 Å². The first-order chi connectivity index (χ1) is 10.9. The number of H-pyrrole nitrogens is 1. The van der Waals surface area contributed by atoms with Crippen LogP contribution in [0.15, 0.2) is 29.1 Å². The monoisotopic (exact) mass is 311 g/mol. The smallest absolute Gasteiger partial charge is 0.307 e. The molecule has 0 aliphatic rings. The molecule has 1 aromatic heterocycles. The molecule has 2 N–H and O–H groups in total. The molecule has 2 aromatic carbocycles. The van der Waals surface area contributed by atoms with E-state index in [1.54, 1.807) is 31.4 Å². The van der Waals surface area contributed by atoms with Crippen LogP contribution in [0.25, 0.3) is 21.8 Å². The number of rotatable bonds is 3. The lowest BCUT2D eigenvalue weighted by molar-refractivity contribution is -0.136. The molecule has 0 radical (unpaired) electrons. The summed E-state index contributed by atoms with van der Waals surface area (Å²) in [7, 11) is 1.58. The number of hydrogen-bond acceptors (Lipinski definition) is 3. The zero-order chi connectivity index (χ0) is 16.7. The second-order valence-electron chi connectivity index (χ2n) is 5.62. The molecule has 0 saturated carbocycles. The van der Waals surface area contributed by atoms with Crippen LogP contribution < -0.4 is 10.2 Å². The maximum Gasteiger partial charge on any atom is 0.307 e. The van der Waals surface area contributed by atoms with E-state index in [0.29, 0.717) is 27.6 Å². The lowest BCUT2D eigenvalue weighted by Gasteiger charge is -2.13. The number of aromatic nitrogens is 1. The summed E-state index contributed by atoms with van der Waals surface area (Å²) in [5.74, 6) is -0.261. The van der Waals surface area contributed by atoms with E-state index in [4.69, 9.17) is 9.84 Å². The number of aliphatic carboxylic acids is 1. The van der Waals surface area contributed by atoms with Crippen molar-refractivity contribution in [2.24, 2.45) is 0 Å². The van der Waals surface area contributed by atoms with Crippen molar-refractivity contribution in [3.63, 3.8) is 0 Å². The number of fused-ring (bicyclic) bond motifs is 2. The third-order valence-corrected chi connectivity index (χ3v) is 4.30. The van der Waals surface area contributed by atoms with Gasteiger partial charge in [-0.1, -0.05) is 12.1 Å². The van der Waals surface area contributed by atoms with Gasteiger partial charge in [0.05, 0.1) is 30.0 Å². The zero-order valence-corrected chi connectivity index (χ0v) is 13.2. The fourth-order valence-electron chi connectivity index (χ4n) is 2.96. The second-order valence-corrected chi connectivity index (χ2v) is 5.62. The minimum atomic E-state index is -0.930. The molecule has 0 fully saturated rings. The highest BCUT2D eigenvalue weighted by Crippen LogP contribution is 2.29. The van der Waals surface area contributed by atoms with E-state index in [1.165, 1.54) is 0 Å². The van der Waals surface area contributed by atoms with Crippen molar-refractivity contribution >= 4 is 27.8 Å². The number of carboxylic acids is 1. The minimum Gasteiger partial charge on any atom is -0.496 e. The maximum absolute atomic E-state index is 12.8. The van der Waals surface area contributed by atoms with Crippen LogP contribution in [-0.4, -0.2) is 23.2 Å². The van der Waals surface area contributed by atoms with E-state index in [-0.39, 0.29) is 11.8 Å². The van der Waals surface area contributed by atoms with Crippen LogP contribution in [0.5, 0.6) is 5.75 Å². The third-order valence-electron chi connectivity index (χ3n) is 4.30. The molecule has 0 amide bonds. The van der Waals surface area contributed by atoms with Crippen LogP contribution in [0.1, 0.15) is 16.7 Å². The number of benzene rings is 2. The van der Waals surface area contributed by atoms with E-state index in [1.807, 2.05) is 13.8 Å². The lowest BCUT2D eigenvalue weighted by atomic mass is 10.00. The number of pyridine rings is 1. The quantitative estimate of drug-likeness (QED) is 0.729. The van der Waals surface area contributed by atoms with E-state index in [2.05, 4.69) is 4.98 Å². The van der Waals surface area contributed by atoms with Gasteiger partial charge in [0.2, 0.25) is 0 Å². The Hall–Kier alpha value is -2.82. The highest BCUT2D eigenvalue weighted by Gasteiger charge is 2.15. The van der Waals surface area contributed by atoms with Gasteiger partial charge in [0, 0.05) is 5.39 Å². The van der Waals surface area contributed by atoms with E-state index >= 15 is 0 Å². The minimum absolute atomic E-state index is 0.123. The van der Waals surface area contributed by atoms with Gasteiger partial charge in [-0.15, -0.1) is 0 Å². The summed E-state index contributed by atoms with van der Waals surface area (Å²) in [6, 6.07) is 6.88. The van der Waals surface area contributed by atoms with Crippen LogP contribution in [-0.2, 0) is 11.2 Å². The fourth-order valence-corrected chi connectivity index (χ4v) is 2.96. The number of aryl methyl sites for hydroxylation is 1. The number of carbonyl (C=O) groups is 1. The SMILES string of the molecule is COc1cc2c(=O)c3cccc(CC(=O)O)c3[nH]c2c(C)c1C. The molecule has 0 saturated heterocycles. The highest BCUT2D eigenvalue weighted by atomic mass is 16.5. The summed E-state index contributed by atoms with van der Waals surface area (Å²) in [6.07, 6.45) is -0.132. The zero-order valence-electron chi connectivity index (χ0n) is 13.2. The lowest BCUT2D eigenvalue weighted by Crippen LogP contribution is -2.09. The van der Waals surface area contributed by atoms with Crippen LogP contribution in [0.2, 0.25) is 0 Å². The molecule has 0 aliphatic heterocycles. The number of carboxylic acid groups (broad SMARTS) is 1. The topological polar surface area (TPSA) is 79.4 Å². The van der Waals surface area contributed by atoms with Crippen molar-refractivity contribution in [1.82, 2.24) is 4.98 Å². The predicted molar refractivity (Wildman–Crippen MR) is 89.4 cm³/mol. The summed E-state index contributed by atoms with van der Waals surface area (Å²) in [5, 5.41) is 10.1.